The molecule has 0 heterocycles. The Morgan fingerprint density at radius 3 is 2.59 bits per heavy atom. The zero-order chi connectivity index (χ0) is 19.9. The first kappa shape index (κ1) is 20.5. The zero-order valence-electron chi connectivity index (χ0n) is 13.9. The molecule has 27 heavy (non-hydrogen) atoms. The lowest BCUT2D eigenvalue weighted by atomic mass is 10.2. The molecule has 0 fully saturated rings. The molecule has 0 saturated carbocycles. The van der Waals surface area contributed by atoms with Crippen molar-refractivity contribution in [3.8, 4) is 0 Å². The SMILES string of the molecule is [N-]=[N+]=NCC(CSc1ccccc1)Nc1ccc(S(N)(=O)=O)cc1[N+](=O)[O-]. The van der Waals surface area contributed by atoms with Crippen LogP contribution >= 0.6 is 11.8 Å². The number of nitrogens with zero attached hydrogens (tertiary/aromatic N) is 4. The number of thioether (sulfide) groups is 1. The van der Waals surface area contributed by atoms with Crippen LogP contribution in [0, 0.1) is 10.1 Å². The lowest BCUT2D eigenvalue weighted by Gasteiger charge is -2.18. The van der Waals surface area contributed by atoms with Crippen LogP contribution in [-0.2, 0) is 10.0 Å². The summed E-state index contributed by atoms with van der Waals surface area (Å²) >= 11 is 1.49. The first-order chi connectivity index (χ1) is 12.8. The van der Waals surface area contributed by atoms with Gasteiger partial charge < -0.3 is 5.32 Å². The van der Waals surface area contributed by atoms with E-state index in [0.29, 0.717) is 5.75 Å². The maximum atomic E-state index is 11.4. The normalized spacial score (nSPS) is 12.0. The van der Waals surface area contributed by atoms with E-state index in [1.165, 1.54) is 23.9 Å². The van der Waals surface area contributed by atoms with Crippen molar-refractivity contribution in [2.75, 3.05) is 17.6 Å². The van der Waals surface area contributed by atoms with E-state index in [9.17, 15) is 18.5 Å². The van der Waals surface area contributed by atoms with Crippen LogP contribution in [0.3, 0.4) is 0 Å². The fourth-order valence-corrected chi connectivity index (χ4v) is 3.64. The van der Waals surface area contributed by atoms with Gasteiger partial charge in [0.15, 0.2) is 0 Å². The first-order valence-electron chi connectivity index (χ1n) is 7.57. The molecule has 0 radical (unpaired) electrons. The number of nitrogens with one attached hydrogen (secondary N) is 1. The average Bonchev–Trinajstić information content (AvgIpc) is 2.64. The number of rotatable bonds is 9. The summed E-state index contributed by atoms with van der Waals surface area (Å²) < 4.78 is 22.8. The van der Waals surface area contributed by atoms with Crippen molar-refractivity contribution in [3.05, 3.63) is 69.1 Å². The van der Waals surface area contributed by atoms with Gasteiger partial charge in [0.2, 0.25) is 10.0 Å². The highest BCUT2D eigenvalue weighted by molar-refractivity contribution is 7.99. The Bertz CT molecular complexity index is 962. The second kappa shape index (κ2) is 9.24. The smallest absolute Gasteiger partial charge is 0.293 e. The highest BCUT2D eigenvalue weighted by atomic mass is 32.2. The third-order valence-electron chi connectivity index (χ3n) is 3.41. The van der Waals surface area contributed by atoms with Gasteiger partial charge in [-0.05, 0) is 29.8 Å². The van der Waals surface area contributed by atoms with Crippen molar-refractivity contribution in [2.24, 2.45) is 10.3 Å². The van der Waals surface area contributed by atoms with Gasteiger partial charge in [0.25, 0.3) is 5.69 Å². The van der Waals surface area contributed by atoms with Crippen LogP contribution in [0.4, 0.5) is 11.4 Å². The number of azide groups is 1. The van der Waals surface area contributed by atoms with Crippen molar-refractivity contribution in [1.82, 2.24) is 0 Å². The Balaban J connectivity index is 2.25. The van der Waals surface area contributed by atoms with Gasteiger partial charge >= 0.3 is 0 Å². The minimum atomic E-state index is -4.07. The van der Waals surface area contributed by atoms with Crippen LogP contribution < -0.4 is 10.5 Å². The van der Waals surface area contributed by atoms with Gasteiger partial charge in [-0.15, -0.1) is 11.8 Å². The molecule has 2 aromatic rings. The van der Waals surface area contributed by atoms with Crippen LogP contribution in [0.5, 0.6) is 0 Å². The van der Waals surface area contributed by atoms with E-state index in [1.807, 2.05) is 30.3 Å². The van der Waals surface area contributed by atoms with Crippen molar-refractivity contribution in [3.63, 3.8) is 0 Å². The van der Waals surface area contributed by atoms with Crippen LogP contribution in [0.2, 0.25) is 0 Å². The van der Waals surface area contributed by atoms with Crippen LogP contribution in [0.1, 0.15) is 0 Å². The number of benzene rings is 2. The van der Waals surface area contributed by atoms with Gasteiger partial charge in [-0.25, -0.2) is 13.6 Å². The summed E-state index contributed by atoms with van der Waals surface area (Å²) in [4.78, 5) is 14.0. The molecule has 2 aromatic carbocycles. The Kier molecular flexibility index (Phi) is 7.02. The van der Waals surface area contributed by atoms with Gasteiger partial charge in [0.05, 0.1) is 9.82 Å². The molecule has 0 saturated heterocycles. The number of primary sulfonamides is 1. The van der Waals surface area contributed by atoms with E-state index in [2.05, 4.69) is 15.3 Å². The largest absolute Gasteiger partial charge is 0.376 e. The third-order valence-corrected chi connectivity index (χ3v) is 5.50. The summed E-state index contributed by atoms with van der Waals surface area (Å²) in [5.41, 5.74) is 8.25. The molecule has 0 spiro atoms. The van der Waals surface area contributed by atoms with Gasteiger partial charge in [-0.1, -0.05) is 23.3 Å². The van der Waals surface area contributed by atoms with Crippen molar-refractivity contribution >= 4 is 33.2 Å². The lowest BCUT2D eigenvalue weighted by Crippen LogP contribution is -2.26. The molecule has 2 rings (SSSR count). The van der Waals surface area contributed by atoms with Crippen molar-refractivity contribution in [1.29, 1.82) is 0 Å². The van der Waals surface area contributed by atoms with Gasteiger partial charge in [0, 0.05) is 34.2 Å². The molecular formula is C15H16N6O4S2. The third kappa shape index (κ3) is 6.15. The van der Waals surface area contributed by atoms with E-state index in [-0.39, 0.29) is 17.1 Å². The predicted molar refractivity (Wildman–Crippen MR) is 103 cm³/mol. The summed E-state index contributed by atoms with van der Waals surface area (Å²) in [5.74, 6) is 0.469. The molecule has 1 atom stereocenters. The average molecular weight is 408 g/mol. The standard InChI is InChI=1S/C15H16N6O4S2/c16-20-18-9-11(10-26-12-4-2-1-3-5-12)19-14-7-6-13(27(17,24)25)8-15(14)21(22)23/h1-8,11,19H,9-10H2,(H2,17,24,25). The fourth-order valence-electron chi connectivity index (χ4n) is 2.17. The summed E-state index contributed by atoms with van der Waals surface area (Å²) in [6, 6.07) is 12.4. The number of sulfonamides is 1. The second-order valence-electron chi connectivity index (χ2n) is 5.36. The molecule has 0 bridgehead atoms. The molecule has 0 aliphatic heterocycles. The van der Waals surface area contributed by atoms with Crippen LogP contribution in [-0.4, -0.2) is 31.7 Å². The molecule has 12 heteroatoms. The van der Waals surface area contributed by atoms with Crippen molar-refractivity contribution in [2.45, 2.75) is 15.8 Å². The summed E-state index contributed by atoms with van der Waals surface area (Å²) in [7, 11) is -4.07. The highest BCUT2D eigenvalue weighted by Gasteiger charge is 2.21. The van der Waals surface area contributed by atoms with Gasteiger partial charge in [-0.3, -0.25) is 10.1 Å². The molecule has 0 amide bonds. The molecule has 0 aliphatic rings. The topological polar surface area (TPSA) is 164 Å². The van der Waals surface area contributed by atoms with Crippen LogP contribution in [0.25, 0.3) is 10.4 Å². The molecular weight excluding hydrogens is 392 g/mol. The number of hydrogen-bond acceptors (Lipinski definition) is 7. The van der Waals surface area contributed by atoms with Crippen molar-refractivity contribution < 1.29 is 13.3 Å². The first-order valence-corrected chi connectivity index (χ1v) is 10.1. The number of anilines is 1. The number of hydrogen-bond donors (Lipinski definition) is 2. The fraction of sp³-hybridized carbons (Fsp3) is 0.200. The second-order valence-corrected chi connectivity index (χ2v) is 8.01. The maximum absolute atomic E-state index is 11.4. The minimum Gasteiger partial charge on any atom is -0.376 e. The highest BCUT2D eigenvalue weighted by Crippen LogP contribution is 2.29. The number of nitro groups is 1. The molecule has 0 aromatic heterocycles. The summed E-state index contributed by atoms with van der Waals surface area (Å²) in [6.45, 7) is 0.0599. The number of nitrogens with two attached hydrogens (primary N) is 1. The maximum Gasteiger partial charge on any atom is 0.293 e. The van der Waals surface area contributed by atoms with Crippen LogP contribution in [0.15, 0.2) is 63.4 Å². The quantitative estimate of drug-likeness (QED) is 0.161. The Morgan fingerprint density at radius 1 is 1.30 bits per heavy atom. The molecule has 0 aliphatic carbocycles. The Morgan fingerprint density at radius 2 is 2.00 bits per heavy atom. The van der Waals surface area contributed by atoms with Gasteiger partial charge in [0.1, 0.15) is 5.69 Å². The molecule has 142 valence electrons. The van der Waals surface area contributed by atoms with Gasteiger partial charge in [-0.2, -0.15) is 0 Å². The summed E-state index contributed by atoms with van der Waals surface area (Å²) in [5, 5.41) is 22.8. The Labute approximate surface area is 159 Å². The van der Waals surface area contributed by atoms with E-state index in [4.69, 9.17) is 10.7 Å². The van der Waals surface area contributed by atoms with E-state index in [0.717, 1.165) is 11.0 Å². The molecule has 10 nitrogen and oxygen atoms in total. The predicted octanol–water partition coefficient (Wildman–Crippen LogP) is 3.13. The van der Waals surface area contributed by atoms with E-state index in [1.54, 1.807) is 0 Å². The summed E-state index contributed by atoms with van der Waals surface area (Å²) in [6.07, 6.45) is 0. The Hall–Kier alpha value is -2.79. The zero-order valence-corrected chi connectivity index (χ0v) is 15.6. The molecule has 1 unspecified atom stereocenters. The number of nitro benzene ring substituents is 1. The van der Waals surface area contributed by atoms with E-state index >= 15 is 0 Å². The lowest BCUT2D eigenvalue weighted by molar-refractivity contribution is -0.384. The van der Waals surface area contributed by atoms with E-state index < -0.39 is 26.7 Å². The monoisotopic (exact) mass is 408 g/mol. The molecule has 3 N–H and O–H groups in total. The minimum absolute atomic E-state index is 0.0599.